The summed E-state index contributed by atoms with van der Waals surface area (Å²) in [6.45, 7) is 10.6. The lowest BCUT2D eigenvalue weighted by atomic mass is 10.1. The van der Waals surface area contributed by atoms with Gasteiger partial charge < -0.3 is 14.4 Å². The van der Waals surface area contributed by atoms with E-state index in [0.717, 1.165) is 32.5 Å². The van der Waals surface area contributed by atoms with E-state index in [4.69, 9.17) is 15.0 Å². The van der Waals surface area contributed by atoms with Crippen molar-refractivity contribution in [3.8, 4) is 5.75 Å². The zero-order chi connectivity index (χ0) is 21.2. The molecule has 0 saturated heterocycles. The van der Waals surface area contributed by atoms with Gasteiger partial charge in [0.1, 0.15) is 18.0 Å². The number of unbranched alkanes of at least 4 members (excludes halogenated alkanes) is 7. The number of ether oxygens (including phenoxy) is 2. The maximum absolute atomic E-state index is 7.45. The highest BCUT2D eigenvalue weighted by Gasteiger charge is 2.11. The van der Waals surface area contributed by atoms with Gasteiger partial charge in [-0.2, -0.15) is 5.11 Å². The minimum absolute atomic E-state index is 0.489. The summed E-state index contributed by atoms with van der Waals surface area (Å²) >= 11 is 0. The van der Waals surface area contributed by atoms with Gasteiger partial charge >= 0.3 is 0 Å². The molecule has 1 rings (SSSR count). The first-order chi connectivity index (χ1) is 14.3. The molecule has 0 aromatic heterocycles. The zero-order valence-corrected chi connectivity index (χ0v) is 19.0. The van der Waals surface area contributed by atoms with Crippen LogP contribution in [0.5, 0.6) is 5.75 Å². The molecule has 5 nitrogen and oxygen atoms in total. The largest absolute Gasteiger partial charge is 0.489 e. The Kier molecular flexibility index (Phi) is 15.1. The molecule has 0 unspecified atom stereocenters. The summed E-state index contributed by atoms with van der Waals surface area (Å²) in [7, 11) is 0. The average molecular weight is 406 g/mol. The number of hydrogen-bond donors (Lipinski definition) is 1. The number of nitrogens with one attached hydrogen (secondary N) is 1. The van der Waals surface area contributed by atoms with Crippen molar-refractivity contribution < 1.29 is 9.47 Å². The van der Waals surface area contributed by atoms with E-state index in [0.29, 0.717) is 24.7 Å². The summed E-state index contributed by atoms with van der Waals surface area (Å²) in [6.07, 6.45) is 12.3. The molecule has 1 N–H and O–H groups in total. The Balaban J connectivity index is 2.72. The van der Waals surface area contributed by atoms with Crippen LogP contribution in [0, 0.1) is 5.53 Å². The van der Waals surface area contributed by atoms with Crippen molar-refractivity contribution in [3.05, 3.63) is 18.2 Å². The minimum Gasteiger partial charge on any atom is -0.489 e. The number of benzene rings is 1. The second-order valence-corrected chi connectivity index (χ2v) is 7.69. The molecule has 0 aliphatic rings. The second-order valence-electron chi connectivity index (χ2n) is 7.69. The van der Waals surface area contributed by atoms with E-state index in [9.17, 15) is 0 Å². The van der Waals surface area contributed by atoms with Crippen LogP contribution >= 0.6 is 0 Å². The molecule has 0 fully saturated rings. The van der Waals surface area contributed by atoms with Gasteiger partial charge in [-0.25, -0.2) is 5.53 Å². The molecule has 166 valence electrons. The van der Waals surface area contributed by atoms with Crippen molar-refractivity contribution in [1.29, 1.82) is 5.53 Å². The molecule has 0 amide bonds. The van der Waals surface area contributed by atoms with Crippen molar-refractivity contribution in [2.45, 2.75) is 85.0 Å². The Morgan fingerprint density at radius 1 is 0.793 bits per heavy atom. The first-order valence-corrected chi connectivity index (χ1v) is 11.7. The molecule has 0 aliphatic heterocycles. The molecule has 0 saturated carbocycles. The SMILES string of the molecule is CCCCCCN(CCCCCC)c1ccc(N=N)c(OCCOCCCC)c1. The van der Waals surface area contributed by atoms with E-state index in [-0.39, 0.29) is 0 Å². The number of nitrogens with zero attached hydrogens (tertiary/aromatic N) is 2. The summed E-state index contributed by atoms with van der Waals surface area (Å²) in [5.41, 5.74) is 9.20. The monoisotopic (exact) mass is 405 g/mol. The van der Waals surface area contributed by atoms with Crippen molar-refractivity contribution in [1.82, 2.24) is 0 Å². The van der Waals surface area contributed by atoms with E-state index in [1.165, 1.54) is 57.1 Å². The van der Waals surface area contributed by atoms with Crippen LogP contribution in [0.3, 0.4) is 0 Å². The molecule has 1 aromatic carbocycles. The van der Waals surface area contributed by atoms with E-state index in [1.807, 2.05) is 6.07 Å². The summed E-state index contributed by atoms with van der Waals surface area (Å²) in [4.78, 5) is 2.48. The van der Waals surface area contributed by atoms with E-state index in [1.54, 1.807) is 0 Å². The second kappa shape index (κ2) is 17.3. The Bertz CT molecular complexity index is 525. The third-order valence-electron chi connectivity index (χ3n) is 5.12. The average Bonchev–Trinajstić information content (AvgIpc) is 2.75. The molecule has 0 bridgehead atoms. The van der Waals surface area contributed by atoms with Gasteiger partial charge in [-0.15, -0.1) is 0 Å². The lowest BCUT2D eigenvalue weighted by Gasteiger charge is -2.26. The number of anilines is 1. The molecule has 0 spiro atoms. The lowest BCUT2D eigenvalue weighted by molar-refractivity contribution is 0.0982. The van der Waals surface area contributed by atoms with Crippen LogP contribution in [0.4, 0.5) is 11.4 Å². The van der Waals surface area contributed by atoms with Crippen LogP contribution in [0.15, 0.2) is 23.3 Å². The van der Waals surface area contributed by atoms with Crippen molar-refractivity contribution >= 4 is 11.4 Å². The van der Waals surface area contributed by atoms with Gasteiger partial charge in [0.25, 0.3) is 0 Å². The third kappa shape index (κ3) is 11.2. The van der Waals surface area contributed by atoms with Crippen molar-refractivity contribution in [2.24, 2.45) is 5.11 Å². The maximum Gasteiger partial charge on any atom is 0.148 e. The first kappa shape index (κ1) is 25.4. The van der Waals surface area contributed by atoms with Crippen LogP contribution < -0.4 is 9.64 Å². The smallest absolute Gasteiger partial charge is 0.148 e. The van der Waals surface area contributed by atoms with Crippen LogP contribution in [-0.2, 0) is 4.74 Å². The quantitative estimate of drug-likeness (QED) is 0.191. The summed E-state index contributed by atoms with van der Waals surface area (Å²) in [6, 6.07) is 6.04. The highest BCUT2D eigenvalue weighted by Crippen LogP contribution is 2.32. The van der Waals surface area contributed by atoms with Gasteiger partial charge in [0.2, 0.25) is 0 Å². The first-order valence-electron chi connectivity index (χ1n) is 11.7. The Labute approximate surface area is 178 Å². The molecule has 5 heteroatoms. The van der Waals surface area contributed by atoms with Crippen LogP contribution in [-0.4, -0.2) is 32.9 Å². The molecular formula is C24H43N3O2. The summed E-state index contributed by atoms with van der Waals surface area (Å²) < 4.78 is 11.5. The van der Waals surface area contributed by atoms with E-state index in [2.05, 4.69) is 42.9 Å². The van der Waals surface area contributed by atoms with Crippen LogP contribution in [0.25, 0.3) is 0 Å². The lowest BCUT2D eigenvalue weighted by Crippen LogP contribution is -2.25. The fourth-order valence-electron chi connectivity index (χ4n) is 3.30. The Morgan fingerprint density at radius 2 is 1.45 bits per heavy atom. The molecule has 0 heterocycles. The number of hydrogen-bond acceptors (Lipinski definition) is 5. The molecular weight excluding hydrogens is 362 g/mol. The standard InChI is InChI=1S/C24H43N3O2/c1-4-7-10-12-16-27(17-13-11-8-5-2)22-14-15-23(26-25)24(21-22)29-20-19-28-18-9-6-3/h14-15,21,25H,4-13,16-20H2,1-3H3. The van der Waals surface area contributed by atoms with Gasteiger partial charge in [0, 0.05) is 31.5 Å². The van der Waals surface area contributed by atoms with Crippen molar-refractivity contribution in [3.63, 3.8) is 0 Å². The molecule has 0 atom stereocenters. The highest BCUT2D eigenvalue weighted by molar-refractivity contribution is 5.61. The minimum atomic E-state index is 0.489. The number of rotatable bonds is 19. The molecule has 29 heavy (non-hydrogen) atoms. The Morgan fingerprint density at radius 3 is 2.03 bits per heavy atom. The van der Waals surface area contributed by atoms with Gasteiger partial charge in [-0.1, -0.05) is 65.7 Å². The molecule has 0 aliphatic carbocycles. The summed E-state index contributed by atoms with van der Waals surface area (Å²) in [5.74, 6) is 0.684. The topological polar surface area (TPSA) is 57.9 Å². The highest BCUT2D eigenvalue weighted by atomic mass is 16.5. The maximum atomic E-state index is 7.45. The van der Waals surface area contributed by atoms with Gasteiger partial charge in [-0.05, 0) is 31.4 Å². The van der Waals surface area contributed by atoms with Crippen molar-refractivity contribution in [2.75, 3.05) is 37.8 Å². The van der Waals surface area contributed by atoms with E-state index >= 15 is 0 Å². The predicted octanol–water partition coefficient (Wildman–Crippen LogP) is 7.51. The predicted molar refractivity (Wildman–Crippen MR) is 123 cm³/mol. The van der Waals surface area contributed by atoms with E-state index < -0.39 is 0 Å². The molecule has 0 radical (unpaired) electrons. The Hall–Kier alpha value is -1.62. The fourth-order valence-corrected chi connectivity index (χ4v) is 3.30. The fraction of sp³-hybridized carbons (Fsp3) is 0.750. The summed E-state index contributed by atoms with van der Waals surface area (Å²) in [5, 5.41) is 3.64. The zero-order valence-electron chi connectivity index (χ0n) is 19.0. The molecule has 1 aromatic rings. The normalized spacial score (nSPS) is 10.9. The van der Waals surface area contributed by atoms with Gasteiger partial charge in [-0.3, -0.25) is 0 Å². The van der Waals surface area contributed by atoms with Gasteiger partial charge in [0.05, 0.1) is 6.61 Å². The van der Waals surface area contributed by atoms with Crippen LogP contribution in [0.1, 0.15) is 85.0 Å². The third-order valence-corrected chi connectivity index (χ3v) is 5.12. The van der Waals surface area contributed by atoms with Gasteiger partial charge in [0.15, 0.2) is 0 Å². The van der Waals surface area contributed by atoms with Crippen LogP contribution in [0.2, 0.25) is 0 Å².